The number of nitrogens with one attached hydrogen (secondary N) is 3. The zero-order valence-electron chi connectivity index (χ0n) is 14.6. The van der Waals surface area contributed by atoms with Crippen LogP contribution in [0.15, 0.2) is 18.2 Å². The average molecular weight is 350 g/mol. The maximum absolute atomic E-state index is 12.2. The van der Waals surface area contributed by atoms with E-state index in [4.69, 9.17) is 17.0 Å². The second-order valence-electron chi connectivity index (χ2n) is 6.38. The van der Waals surface area contributed by atoms with E-state index >= 15 is 0 Å². The summed E-state index contributed by atoms with van der Waals surface area (Å²) in [5.74, 6) is 0.462. The van der Waals surface area contributed by atoms with Crippen LogP contribution >= 0.6 is 12.2 Å². The fraction of sp³-hybridized carbons (Fsp3) is 0.556. The molecule has 1 amide bonds. The van der Waals surface area contributed by atoms with E-state index in [0.29, 0.717) is 11.2 Å². The first-order chi connectivity index (χ1) is 11.5. The Balaban J connectivity index is 1.76. The van der Waals surface area contributed by atoms with Gasteiger partial charge in [-0.1, -0.05) is 31.4 Å². The molecule has 132 valence electrons. The van der Waals surface area contributed by atoms with E-state index in [1.807, 2.05) is 32.0 Å². The van der Waals surface area contributed by atoms with Gasteiger partial charge in [0.2, 0.25) is 0 Å². The number of carbonyl (C=O) groups excluding carboxylic acids is 1. The normalized spacial score (nSPS) is 16.1. The van der Waals surface area contributed by atoms with Crippen LogP contribution in [-0.2, 0) is 4.79 Å². The summed E-state index contributed by atoms with van der Waals surface area (Å²) in [5.41, 5.74) is 7.55. The predicted molar refractivity (Wildman–Crippen MR) is 99.9 cm³/mol. The Morgan fingerprint density at radius 2 is 1.92 bits per heavy atom. The molecule has 0 aromatic heterocycles. The molecule has 1 aromatic rings. The Labute approximate surface area is 149 Å². The minimum Gasteiger partial charge on any atom is -0.481 e. The third-order valence-corrected chi connectivity index (χ3v) is 4.69. The van der Waals surface area contributed by atoms with Gasteiger partial charge in [0.25, 0.3) is 5.91 Å². The molecule has 1 aliphatic rings. The summed E-state index contributed by atoms with van der Waals surface area (Å²) in [7, 11) is 0. The van der Waals surface area contributed by atoms with Gasteiger partial charge in [0, 0.05) is 6.04 Å². The van der Waals surface area contributed by atoms with Gasteiger partial charge in [-0.25, -0.2) is 0 Å². The number of hydrogen-bond donors (Lipinski definition) is 3. The minimum absolute atomic E-state index is 0.260. The molecule has 1 saturated carbocycles. The molecule has 5 nitrogen and oxygen atoms in total. The predicted octanol–water partition coefficient (Wildman–Crippen LogP) is 2.90. The third kappa shape index (κ3) is 5.37. The number of benzene rings is 1. The van der Waals surface area contributed by atoms with Crippen molar-refractivity contribution in [3.63, 3.8) is 0 Å². The lowest BCUT2D eigenvalue weighted by atomic mass is 9.96. The molecule has 0 aliphatic heterocycles. The molecule has 3 N–H and O–H groups in total. The van der Waals surface area contributed by atoms with Gasteiger partial charge in [0.15, 0.2) is 11.2 Å². The van der Waals surface area contributed by atoms with E-state index in [1.54, 1.807) is 6.92 Å². The number of thiocarbonyl (C=S) groups is 1. The summed E-state index contributed by atoms with van der Waals surface area (Å²) < 4.78 is 5.75. The minimum atomic E-state index is -0.615. The van der Waals surface area contributed by atoms with Crippen LogP contribution in [0.4, 0.5) is 0 Å². The first-order valence-electron chi connectivity index (χ1n) is 8.56. The molecule has 0 bridgehead atoms. The SMILES string of the molecule is Cc1cccc(O[C@H](C)C(=O)NNC(=S)NC2CCCCC2)c1C. The van der Waals surface area contributed by atoms with Crippen LogP contribution in [0.2, 0.25) is 0 Å². The highest BCUT2D eigenvalue weighted by Gasteiger charge is 2.17. The van der Waals surface area contributed by atoms with Crippen LogP contribution in [0.3, 0.4) is 0 Å². The lowest BCUT2D eigenvalue weighted by Crippen LogP contribution is -2.52. The Kier molecular flexibility index (Phi) is 6.85. The first-order valence-corrected chi connectivity index (χ1v) is 8.97. The number of carbonyl (C=O) groups is 1. The van der Waals surface area contributed by atoms with Crippen molar-refractivity contribution in [2.45, 2.75) is 65.0 Å². The Morgan fingerprint density at radius 3 is 2.62 bits per heavy atom. The van der Waals surface area contributed by atoms with Crippen LogP contribution in [0.25, 0.3) is 0 Å². The van der Waals surface area contributed by atoms with Crippen LogP contribution in [0.1, 0.15) is 50.2 Å². The fourth-order valence-corrected chi connectivity index (χ4v) is 3.00. The van der Waals surface area contributed by atoms with Crippen molar-refractivity contribution in [1.29, 1.82) is 0 Å². The number of rotatable bonds is 4. The Bertz CT molecular complexity index is 586. The lowest BCUT2D eigenvalue weighted by molar-refractivity contribution is -0.127. The highest BCUT2D eigenvalue weighted by molar-refractivity contribution is 7.80. The van der Waals surface area contributed by atoms with Gasteiger partial charge in [0.05, 0.1) is 0 Å². The van der Waals surface area contributed by atoms with Crippen LogP contribution in [-0.4, -0.2) is 23.2 Å². The molecular weight excluding hydrogens is 322 g/mol. The van der Waals surface area contributed by atoms with E-state index in [1.165, 1.54) is 19.3 Å². The zero-order chi connectivity index (χ0) is 17.5. The van der Waals surface area contributed by atoms with Gasteiger partial charge in [-0.15, -0.1) is 0 Å². The summed E-state index contributed by atoms with van der Waals surface area (Å²) >= 11 is 5.23. The molecule has 2 rings (SSSR count). The van der Waals surface area contributed by atoms with Gasteiger partial charge in [0.1, 0.15) is 5.75 Å². The number of amides is 1. The van der Waals surface area contributed by atoms with Crippen molar-refractivity contribution >= 4 is 23.2 Å². The van der Waals surface area contributed by atoms with Crippen molar-refractivity contribution in [2.75, 3.05) is 0 Å². The first kappa shape index (κ1) is 18.5. The molecule has 0 saturated heterocycles. The molecule has 24 heavy (non-hydrogen) atoms. The Hall–Kier alpha value is -1.82. The van der Waals surface area contributed by atoms with Crippen molar-refractivity contribution < 1.29 is 9.53 Å². The maximum atomic E-state index is 12.2. The molecule has 1 fully saturated rings. The highest BCUT2D eigenvalue weighted by atomic mass is 32.1. The lowest BCUT2D eigenvalue weighted by Gasteiger charge is -2.24. The zero-order valence-corrected chi connectivity index (χ0v) is 15.5. The highest BCUT2D eigenvalue weighted by Crippen LogP contribution is 2.21. The second kappa shape index (κ2) is 8.87. The summed E-state index contributed by atoms with van der Waals surface area (Å²) in [5, 5.41) is 3.70. The molecule has 0 unspecified atom stereocenters. The number of ether oxygens (including phenoxy) is 1. The third-order valence-electron chi connectivity index (χ3n) is 4.47. The van der Waals surface area contributed by atoms with Gasteiger partial charge >= 0.3 is 0 Å². The average Bonchev–Trinajstić information content (AvgIpc) is 2.57. The van der Waals surface area contributed by atoms with Crippen molar-refractivity contribution in [1.82, 2.24) is 16.2 Å². The molecule has 6 heteroatoms. The Morgan fingerprint density at radius 1 is 1.21 bits per heavy atom. The van der Waals surface area contributed by atoms with Gasteiger partial charge in [-0.3, -0.25) is 15.6 Å². The second-order valence-corrected chi connectivity index (χ2v) is 6.79. The summed E-state index contributed by atoms with van der Waals surface area (Å²) in [4.78, 5) is 12.2. The molecule has 0 spiro atoms. The number of hydrazine groups is 1. The van der Waals surface area contributed by atoms with E-state index in [0.717, 1.165) is 29.7 Å². The number of aryl methyl sites for hydroxylation is 1. The molecular formula is C18H27N3O2S. The van der Waals surface area contributed by atoms with E-state index in [9.17, 15) is 4.79 Å². The van der Waals surface area contributed by atoms with Crippen LogP contribution in [0, 0.1) is 13.8 Å². The van der Waals surface area contributed by atoms with Crippen molar-refractivity contribution in [2.24, 2.45) is 0 Å². The fourth-order valence-electron chi connectivity index (χ4n) is 2.78. The number of hydrogen-bond acceptors (Lipinski definition) is 3. The van der Waals surface area contributed by atoms with Gasteiger partial charge < -0.3 is 10.1 Å². The summed E-state index contributed by atoms with van der Waals surface area (Å²) in [6, 6.07) is 6.21. The molecule has 1 aromatic carbocycles. The molecule has 1 aliphatic carbocycles. The smallest absolute Gasteiger partial charge is 0.279 e. The topological polar surface area (TPSA) is 62.4 Å². The largest absolute Gasteiger partial charge is 0.481 e. The van der Waals surface area contributed by atoms with E-state index in [-0.39, 0.29) is 5.91 Å². The molecule has 1 atom stereocenters. The van der Waals surface area contributed by atoms with Crippen LogP contribution < -0.4 is 20.9 Å². The van der Waals surface area contributed by atoms with Crippen LogP contribution in [0.5, 0.6) is 5.75 Å². The monoisotopic (exact) mass is 349 g/mol. The molecule has 0 heterocycles. The van der Waals surface area contributed by atoms with Crippen molar-refractivity contribution in [3.8, 4) is 5.75 Å². The van der Waals surface area contributed by atoms with E-state index < -0.39 is 6.10 Å². The standard InChI is InChI=1S/C18H27N3O2S/c1-12-8-7-11-16(13(12)2)23-14(3)17(22)20-21-18(24)19-15-9-5-4-6-10-15/h7-8,11,14-15H,4-6,9-10H2,1-3H3,(H,20,22)(H2,19,21,24)/t14-/m1/s1. The summed E-state index contributed by atoms with van der Waals surface area (Å²) in [6.45, 7) is 5.72. The summed E-state index contributed by atoms with van der Waals surface area (Å²) in [6.07, 6.45) is 5.39. The van der Waals surface area contributed by atoms with Gasteiger partial charge in [-0.2, -0.15) is 0 Å². The maximum Gasteiger partial charge on any atom is 0.279 e. The van der Waals surface area contributed by atoms with Crippen molar-refractivity contribution in [3.05, 3.63) is 29.3 Å². The quantitative estimate of drug-likeness (QED) is 0.576. The van der Waals surface area contributed by atoms with E-state index in [2.05, 4.69) is 16.2 Å². The molecule has 0 radical (unpaired) electrons. The van der Waals surface area contributed by atoms with Gasteiger partial charge in [-0.05, 0) is 63.0 Å².